The molecular weight excluding hydrogens is 352 g/mol. The summed E-state index contributed by atoms with van der Waals surface area (Å²) in [6, 6.07) is 18.4. The van der Waals surface area contributed by atoms with E-state index >= 15 is 0 Å². The van der Waals surface area contributed by atoms with Gasteiger partial charge in [0.15, 0.2) is 0 Å². The lowest BCUT2D eigenvalue weighted by Crippen LogP contribution is -1.89. The number of aryl methyl sites for hydroxylation is 2. The Balaban J connectivity index is 1.78. The summed E-state index contributed by atoms with van der Waals surface area (Å²) in [4.78, 5) is 2.85. The molecule has 2 heterocycles. The van der Waals surface area contributed by atoms with E-state index in [4.69, 9.17) is 0 Å². The molecule has 2 aromatic carbocycles. The van der Waals surface area contributed by atoms with Crippen LogP contribution in [-0.4, -0.2) is 0 Å². The van der Waals surface area contributed by atoms with Crippen LogP contribution in [0.5, 0.6) is 0 Å². The Labute approximate surface area is 161 Å². The first-order chi connectivity index (χ1) is 12.7. The van der Waals surface area contributed by atoms with E-state index in [1.807, 2.05) is 22.7 Å². The lowest BCUT2D eigenvalue weighted by Gasteiger charge is -2.10. The molecule has 0 N–H and O–H groups in total. The fourth-order valence-corrected chi connectivity index (χ4v) is 6.32. The zero-order valence-electron chi connectivity index (χ0n) is 14.6. The SMILES string of the molecule is Cc1ccc2c(c1)-c1ccsc1C2=C1c2ccc(C)cc2-c2ccsc21. The van der Waals surface area contributed by atoms with Crippen molar-refractivity contribution in [1.82, 2.24) is 0 Å². The third-order valence-electron chi connectivity index (χ3n) is 5.50. The number of fused-ring (bicyclic) bond motifs is 6. The highest BCUT2D eigenvalue weighted by molar-refractivity contribution is 7.13. The summed E-state index contributed by atoms with van der Waals surface area (Å²) in [5.74, 6) is 0. The molecule has 2 heteroatoms. The highest BCUT2D eigenvalue weighted by Crippen LogP contribution is 2.56. The molecule has 0 saturated carbocycles. The fraction of sp³-hybridized carbons (Fsp3) is 0.0833. The molecule has 0 radical (unpaired) electrons. The van der Waals surface area contributed by atoms with Gasteiger partial charge in [-0.05, 0) is 59.0 Å². The maximum atomic E-state index is 2.34. The van der Waals surface area contributed by atoms with Gasteiger partial charge in [0.05, 0.1) is 0 Å². The highest BCUT2D eigenvalue weighted by atomic mass is 32.1. The molecule has 0 saturated heterocycles. The molecule has 124 valence electrons. The second-order valence-electron chi connectivity index (χ2n) is 7.17. The first-order valence-electron chi connectivity index (χ1n) is 8.85. The second kappa shape index (κ2) is 5.06. The third kappa shape index (κ3) is 1.78. The first kappa shape index (κ1) is 14.7. The molecule has 0 nitrogen and oxygen atoms in total. The minimum Gasteiger partial charge on any atom is -0.143 e. The summed E-state index contributed by atoms with van der Waals surface area (Å²) in [6.07, 6.45) is 0. The number of benzene rings is 2. The Kier molecular flexibility index (Phi) is 2.87. The highest BCUT2D eigenvalue weighted by Gasteiger charge is 2.33. The van der Waals surface area contributed by atoms with Crippen LogP contribution in [0.25, 0.3) is 33.4 Å². The average molecular weight is 369 g/mol. The Morgan fingerprint density at radius 3 is 1.42 bits per heavy atom. The standard InChI is InChI=1S/C24H16S2/c1-13-3-5-15-19(11-13)17-7-9-25-23(17)21(15)22-16-6-4-14(2)12-20(16)18-8-10-26-24(18)22/h3-12H,1-2H3. The van der Waals surface area contributed by atoms with E-state index in [0.717, 1.165) is 0 Å². The summed E-state index contributed by atoms with van der Waals surface area (Å²) in [7, 11) is 0. The second-order valence-corrected chi connectivity index (χ2v) is 9.01. The van der Waals surface area contributed by atoms with E-state index < -0.39 is 0 Å². The molecule has 0 amide bonds. The largest absolute Gasteiger partial charge is 0.143 e. The van der Waals surface area contributed by atoms with Crippen LogP contribution in [0.1, 0.15) is 32.0 Å². The van der Waals surface area contributed by atoms with Gasteiger partial charge in [-0.2, -0.15) is 0 Å². The molecule has 0 fully saturated rings. The lowest BCUT2D eigenvalue weighted by atomic mass is 9.95. The molecule has 26 heavy (non-hydrogen) atoms. The Hall–Kier alpha value is -2.42. The van der Waals surface area contributed by atoms with E-state index in [0.29, 0.717) is 0 Å². The molecule has 0 unspecified atom stereocenters. The van der Waals surface area contributed by atoms with Gasteiger partial charge in [0, 0.05) is 32.0 Å². The van der Waals surface area contributed by atoms with Gasteiger partial charge >= 0.3 is 0 Å². The van der Waals surface area contributed by atoms with Crippen molar-refractivity contribution in [3.63, 3.8) is 0 Å². The van der Waals surface area contributed by atoms with Gasteiger partial charge in [0.2, 0.25) is 0 Å². The molecule has 2 aliphatic carbocycles. The fourth-order valence-electron chi connectivity index (χ4n) is 4.37. The number of thiophene rings is 2. The molecule has 0 aliphatic heterocycles. The van der Waals surface area contributed by atoms with Crippen LogP contribution >= 0.6 is 22.7 Å². The normalized spacial score (nSPS) is 16.4. The van der Waals surface area contributed by atoms with E-state index in [9.17, 15) is 0 Å². The molecule has 0 bridgehead atoms. The van der Waals surface area contributed by atoms with Crippen LogP contribution in [-0.2, 0) is 0 Å². The molecule has 0 spiro atoms. The van der Waals surface area contributed by atoms with Crippen molar-refractivity contribution in [3.8, 4) is 22.3 Å². The van der Waals surface area contributed by atoms with Crippen molar-refractivity contribution in [1.29, 1.82) is 0 Å². The van der Waals surface area contributed by atoms with E-state index in [2.05, 4.69) is 73.1 Å². The zero-order chi connectivity index (χ0) is 17.4. The summed E-state index contributed by atoms with van der Waals surface area (Å²) >= 11 is 3.74. The third-order valence-corrected chi connectivity index (χ3v) is 7.37. The minimum atomic E-state index is 1.33. The molecule has 2 aromatic heterocycles. The molecule has 6 rings (SSSR count). The average Bonchev–Trinajstić information content (AvgIpc) is 3.36. The van der Waals surface area contributed by atoms with Crippen LogP contribution in [0.3, 0.4) is 0 Å². The van der Waals surface area contributed by atoms with E-state index in [1.165, 1.54) is 65.4 Å². The smallest absolute Gasteiger partial charge is 0.0434 e. The van der Waals surface area contributed by atoms with Crippen LogP contribution in [0.2, 0.25) is 0 Å². The molecule has 2 aliphatic rings. The van der Waals surface area contributed by atoms with Crippen LogP contribution in [0.15, 0.2) is 59.3 Å². The van der Waals surface area contributed by atoms with Crippen LogP contribution in [0.4, 0.5) is 0 Å². The van der Waals surface area contributed by atoms with Crippen molar-refractivity contribution >= 4 is 33.8 Å². The van der Waals surface area contributed by atoms with Crippen molar-refractivity contribution in [2.24, 2.45) is 0 Å². The summed E-state index contributed by atoms with van der Waals surface area (Å²) in [5.41, 5.74) is 13.9. The number of rotatable bonds is 0. The number of hydrogen-bond donors (Lipinski definition) is 0. The van der Waals surface area contributed by atoms with Crippen molar-refractivity contribution in [2.75, 3.05) is 0 Å². The van der Waals surface area contributed by atoms with Crippen molar-refractivity contribution in [2.45, 2.75) is 13.8 Å². The monoisotopic (exact) mass is 368 g/mol. The number of hydrogen-bond acceptors (Lipinski definition) is 2. The Morgan fingerprint density at radius 2 is 0.962 bits per heavy atom. The predicted molar refractivity (Wildman–Crippen MR) is 114 cm³/mol. The summed E-state index contributed by atoms with van der Waals surface area (Å²) in [6.45, 7) is 4.37. The lowest BCUT2D eigenvalue weighted by molar-refractivity contribution is 1.46. The van der Waals surface area contributed by atoms with E-state index in [1.54, 1.807) is 0 Å². The van der Waals surface area contributed by atoms with Gasteiger partial charge < -0.3 is 0 Å². The van der Waals surface area contributed by atoms with Gasteiger partial charge in [-0.15, -0.1) is 22.7 Å². The van der Waals surface area contributed by atoms with Gasteiger partial charge in [-0.25, -0.2) is 0 Å². The van der Waals surface area contributed by atoms with Gasteiger partial charge in [0.1, 0.15) is 0 Å². The first-order valence-corrected chi connectivity index (χ1v) is 10.6. The maximum Gasteiger partial charge on any atom is 0.0434 e. The van der Waals surface area contributed by atoms with Crippen LogP contribution in [0, 0.1) is 13.8 Å². The van der Waals surface area contributed by atoms with Gasteiger partial charge in [-0.3, -0.25) is 0 Å². The molecular formula is C24H16S2. The quantitative estimate of drug-likeness (QED) is 0.262. The van der Waals surface area contributed by atoms with Crippen LogP contribution < -0.4 is 0 Å². The minimum absolute atomic E-state index is 1.33. The predicted octanol–water partition coefficient (Wildman–Crippen LogP) is 7.39. The zero-order valence-corrected chi connectivity index (χ0v) is 16.2. The summed E-state index contributed by atoms with van der Waals surface area (Å²) in [5, 5.41) is 4.47. The van der Waals surface area contributed by atoms with E-state index in [-0.39, 0.29) is 0 Å². The van der Waals surface area contributed by atoms with Gasteiger partial charge in [-0.1, -0.05) is 47.5 Å². The van der Waals surface area contributed by atoms with Crippen molar-refractivity contribution in [3.05, 3.63) is 91.3 Å². The maximum absolute atomic E-state index is 2.34. The summed E-state index contributed by atoms with van der Waals surface area (Å²) < 4.78 is 0. The Bertz CT molecular complexity index is 1150. The van der Waals surface area contributed by atoms with Crippen molar-refractivity contribution < 1.29 is 0 Å². The molecule has 4 aromatic rings. The molecule has 0 atom stereocenters. The Morgan fingerprint density at radius 1 is 0.500 bits per heavy atom. The van der Waals surface area contributed by atoms with Gasteiger partial charge in [0.25, 0.3) is 0 Å². The topological polar surface area (TPSA) is 0 Å².